The maximum absolute atomic E-state index is 11.8. The number of Topliss-reactive ketones (excluding diaryl/α,β-unsaturated/α-hetero) is 1. The van der Waals surface area contributed by atoms with Crippen LogP contribution < -0.4 is 0 Å². The molecule has 0 spiro atoms. The van der Waals surface area contributed by atoms with Gasteiger partial charge in [-0.15, -0.1) is 0 Å². The number of nitrogens with zero attached hydrogens (tertiary/aromatic N) is 1. The summed E-state index contributed by atoms with van der Waals surface area (Å²) in [7, 11) is 0. The number of carbonyl (C=O) groups excluding carboxylic acids is 1. The Labute approximate surface area is 103 Å². The van der Waals surface area contributed by atoms with E-state index in [-0.39, 0.29) is 0 Å². The monoisotopic (exact) mass is 241 g/mol. The molecule has 0 aromatic rings. The third-order valence-corrected chi connectivity index (χ3v) is 5.21. The molecule has 2 atom stereocenters. The minimum Gasteiger partial charge on any atom is -0.301 e. The minimum atomic E-state index is 0.356. The van der Waals surface area contributed by atoms with Gasteiger partial charge in [-0.3, -0.25) is 4.79 Å². The maximum Gasteiger partial charge on any atom is 0.137 e. The molecule has 1 heterocycles. The first kappa shape index (κ1) is 12.4. The van der Waals surface area contributed by atoms with E-state index in [2.05, 4.69) is 23.6 Å². The smallest absolute Gasteiger partial charge is 0.137 e. The highest BCUT2D eigenvalue weighted by atomic mass is 32.2. The van der Waals surface area contributed by atoms with Crippen LogP contribution in [0.1, 0.15) is 39.0 Å². The van der Waals surface area contributed by atoms with Gasteiger partial charge < -0.3 is 4.90 Å². The standard InChI is InChI=1S/C13H23NOS/c1-2-12-10-14(7-8-16-12)9-11-5-3-4-6-13(11)15/h11-12H,2-10H2,1H3. The molecule has 92 valence electrons. The number of hydrogen-bond donors (Lipinski definition) is 0. The molecule has 2 fully saturated rings. The Hall–Kier alpha value is -0.0200. The van der Waals surface area contributed by atoms with Crippen LogP contribution in [0, 0.1) is 5.92 Å². The second kappa shape index (κ2) is 6.06. The average Bonchev–Trinajstić information content (AvgIpc) is 2.32. The Balaban J connectivity index is 1.81. The fourth-order valence-electron chi connectivity index (χ4n) is 2.75. The Morgan fingerprint density at radius 3 is 3.06 bits per heavy atom. The summed E-state index contributed by atoms with van der Waals surface area (Å²) in [6, 6.07) is 0. The van der Waals surface area contributed by atoms with Crippen molar-refractivity contribution in [1.82, 2.24) is 4.90 Å². The van der Waals surface area contributed by atoms with E-state index in [0.717, 1.165) is 31.1 Å². The van der Waals surface area contributed by atoms with Gasteiger partial charge in [-0.2, -0.15) is 11.8 Å². The van der Waals surface area contributed by atoms with Gasteiger partial charge >= 0.3 is 0 Å². The molecule has 0 radical (unpaired) electrons. The molecule has 1 saturated carbocycles. The Kier molecular flexibility index (Phi) is 4.71. The Morgan fingerprint density at radius 1 is 1.44 bits per heavy atom. The van der Waals surface area contributed by atoms with Gasteiger partial charge in [0.2, 0.25) is 0 Å². The summed E-state index contributed by atoms with van der Waals surface area (Å²) in [6.45, 7) is 5.69. The number of thioether (sulfide) groups is 1. The van der Waals surface area contributed by atoms with E-state index in [1.807, 2.05) is 0 Å². The highest BCUT2D eigenvalue weighted by Gasteiger charge is 2.26. The normalized spacial score (nSPS) is 32.9. The predicted octanol–water partition coefficient (Wildman–Crippen LogP) is 2.57. The Bertz CT molecular complexity index is 244. The molecule has 1 aliphatic carbocycles. The average molecular weight is 241 g/mol. The van der Waals surface area contributed by atoms with E-state index < -0.39 is 0 Å². The van der Waals surface area contributed by atoms with Crippen LogP contribution in [0.2, 0.25) is 0 Å². The van der Waals surface area contributed by atoms with Crippen molar-refractivity contribution in [2.24, 2.45) is 5.92 Å². The van der Waals surface area contributed by atoms with Crippen LogP contribution in [0.4, 0.5) is 0 Å². The van der Waals surface area contributed by atoms with Crippen LogP contribution >= 0.6 is 11.8 Å². The first-order valence-electron chi connectivity index (χ1n) is 6.66. The third-order valence-electron chi connectivity index (χ3n) is 3.84. The van der Waals surface area contributed by atoms with E-state index in [4.69, 9.17) is 0 Å². The van der Waals surface area contributed by atoms with E-state index in [0.29, 0.717) is 11.7 Å². The molecule has 2 aliphatic rings. The molecule has 0 amide bonds. The van der Waals surface area contributed by atoms with Crippen molar-refractivity contribution in [1.29, 1.82) is 0 Å². The molecule has 16 heavy (non-hydrogen) atoms. The number of hydrogen-bond acceptors (Lipinski definition) is 3. The summed E-state index contributed by atoms with van der Waals surface area (Å²) in [4.78, 5) is 14.3. The summed E-state index contributed by atoms with van der Waals surface area (Å²) in [5.74, 6) is 2.13. The molecule has 0 N–H and O–H groups in total. The zero-order chi connectivity index (χ0) is 11.4. The lowest BCUT2D eigenvalue weighted by molar-refractivity contribution is -0.125. The lowest BCUT2D eigenvalue weighted by atomic mass is 9.87. The first-order valence-corrected chi connectivity index (χ1v) is 7.71. The van der Waals surface area contributed by atoms with Crippen molar-refractivity contribution in [2.75, 3.05) is 25.4 Å². The molecule has 1 saturated heterocycles. The summed E-state index contributed by atoms with van der Waals surface area (Å²) < 4.78 is 0. The summed E-state index contributed by atoms with van der Waals surface area (Å²) in [5.41, 5.74) is 0. The van der Waals surface area contributed by atoms with Gasteiger partial charge in [0, 0.05) is 43.0 Å². The van der Waals surface area contributed by atoms with Crippen LogP contribution in [0.25, 0.3) is 0 Å². The van der Waals surface area contributed by atoms with Crippen LogP contribution in [0.5, 0.6) is 0 Å². The van der Waals surface area contributed by atoms with Crippen molar-refractivity contribution in [3.05, 3.63) is 0 Å². The molecule has 2 nitrogen and oxygen atoms in total. The number of carbonyl (C=O) groups is 1. The molecule has 0 aromatic carbocycles. The molecular formula is C13H23NOS. The van der Waals surface area contributed by atoms with E-state index in [9.17, 15) is 4.79 Å². The third kappa shape index (κ3) is 3.24. The molecule has 2 unspecified atom stereocenters. The zero-order valence-corrected chi connectivity index (χ0v) is 11.1. The molecule has 3 heteroatoms. The second-order valence-electron chi connectivity index (χ2n) is 5.07. The first-order chi connectivity index (χ1) is 7.79. The van der Waals surface area contributed by atoms with Crippen molar-refractivity contribution >= 4 is 17.5 Å². The molecule has 0 aromatic heterocycles. The van der Waals surface area contributed by atoms with Gasteiger partial charge in [0.1, 0.15) is 5.78 Å². The lowest BCUT2D eigenvalue weighted by Gasteiger charge is -2.34. The molecule has 1 aliphatic heterocycles. The highest BCUT2D eigenvalue weighted by molar-refractivity contribution is 8.00. The highest BCUT2D eigenvalue weighted by Crippen LogP contribution is 2.25. The summed E-state index contributed by atoms with van der Waals surface area (Å²) in [5, 5.41) is 0.799. The number of rotatable bonds is 3. The quantitative estimate of drug-likeness (QED) is 0.757. The van der Waals surface area contributed by atoms with E-state index in [1.54, 1.807) is 0 Å². The fraction of sp³-hybridized carbons (Fsp3) is 0.923. The van der Waals surface area contributed by atoms with E-state index in [1.165, 1.54) is 31.7 Å². The summed E-state index contributed by atoms with van der Waals surface area (Å²) >= 11 is 2.10. The van der Waals surface area contributed by atoms with Crippen LogP contribution in [-0.2, 0) is 4.79 Å². The van der Waals surface area contributed by atoms with Gasteiger partial charge in [-0.05, 0) is 19.3 Å². The minimum absolute atomic E-state index is 0.356. The SMILES string of the molecule is CCC1CN(CC2CCCCC2=O)CCS1. The van der Waals surface area contributed by atoms with Crippen molar-refractivity contribution in [2.45, 2.75) is 44.3 Å². The van der Waals surface area contributed by atoms with Crippen molar-refractivity contribution < 1.29 is 4.79 Å². The van der Waals surface area contributed by atoms with Gasteiger partial charge in [0.05, 0.1) is 0 Å². The molecule has 2 rings (SSSR count). The van der Waals surface area contributed by atoms with E-state index >= 15 is 0 Å². The second-order valence-corrected chi connectivity index (χ2v) is 6.48. The van der Waals surface area contributed by atoms with Crippen LogP contribution in [0.15, 0.2) is 0 Å². The van der Waals surface area contributed by atoms with Crippen LogP contribution in [0.3, 0.4) is 0 Å². The lowest BCUT2D eigenvalue weighted by Crippen LogP contribution is -2.42. The van der Waals surface area contributed by atoms with Gasteiger partial charge in [0.25, 0.3) is 0 Å². The largest absolute Gasteiger partial charge is 0.301 e. The maximum atomic E-state index is 11.8. The van der Waals surface area contributed by atoms with Gasteiger partial charge in [-0.1, -0.05) is 13.3 Å². The fourth-order valence-corrected chi connectivity index (χ4v) is 4.00. The topological polar surface area (TPSA) is 20.3 Å². The molecule has 0 bridgehead atoms. The number of ketones is 1. The van der Waals surface area contributed by atoms with Crippen LogP contribution in [-0.4, -0.2) is 41.3 Å². The van der Waals surface area contributed by atoms with Crippen molar-refractivity contribution in [3.63, 3.8) is 0 Å². The van der Waals surface area contributed by atoms with Gasteiger partial charge in [-0.25, -0.2) is 0 Å². The van der Waals surface area contributed by atoms with Crippen molar-refractivity contribution in [3.8, 4) is 0 Å². The molecular weight excluding hydrogens is 218 g/mol. The predicted molar refractivity (Wildman–Crippen MR) is 69.9 cm³/mol. The zero-order valence-electron chi connectivity index (χ0n) is 10.3. The summed E-state index contributed by atoms with van der Waals surface area (Å²) in [6.07, 6.45) is 5.63. The van der Waals surface area contributed by atoms with Gasteiger partial charge in [0.15, 0.2) is 0 Å². The Morgan fingerprint density at radius 2 is 2.31 bits per heavy atom.